The fourth-order valence-electron chi connectivity index (χ4n) is 2.95. The molecule has 2 aromatic carbocycles. The maximum absolute atomic E-state index is 12.7. The molecule has 0 radical (unpaired) electrons. The maximum Gasteiger partial charge on any atom is 0.276 e. The van der Waals surface area contributed by atoms with E-state index in [1.807, 2.05) is 55.5 Å². The summed E-state index contributed by atoms with van der Waals surface area (Å²) in [6, 6.07) is 14.9. The molecule has 4 aromatic rings. The number of para-hydroxylation sites is 3. The number of hydrogen-bond acceptors (Lipinski definition) is 4. The van der Waals surface area contributed by atoms with Crippen LogP contribution in [0.15, 0.2) is 54.9 Å². The van der Waals surface area contributed by atoms with Gasteiger partial charge in [0.1, 0.15) is 5.69 Å². The summed E-state index contributed by atoms with van der Waals surface area (Å²) in [7, 11) is 0. The predicted octanol–water partition coefficient (Wildman–Crippen LogP) is 3.35. The van der Waals surface area contributed by atoms with Gasteiger partial charge in [0.05, 0.1) is 17.4 Å². The van der Waals surface area contributed by atoms with Crippen molar-refractivity contribution in [2.45, 2.75) is 13.3 Å². The van der Waals surface area contributed by atoms with Crippen LogP contribution >= 0.6 is 0 Å². The molecular formula is C20H18N6O2. The van der Waals surface area contributed by atoms with E-state index in [2.05, 4.69) is 30.6 Å². The van der Waals surface area contributed by atoms with Crippen molar-refractivity contribution < 1.29 is 9.59 Å². The van der Waals surface area contributed by atoms with Crippen LogP contribution in [0, 0.1) is 0 Å². The molecule has 0 saturated heterocycles. The minimum absolute atomic E-state index is 0.0134. The lowest BCUT2D eigenvalue weighted by Crippen LogP contribution is -2.21. The lowest BCUT2D eigenvalue weighted by molar-refractivity contribution is 0.0985. The van der Waals surface area contributed by atoms with Gasteiger partial charge in [0.2, 0.25) is 5.95 Å². The highest BCUT2D eigenvalue weighted by molar-refractivity contribution is 6.13. The van der Waals surface area contributed by atoms with E-state index in [9.17, 15) is 9.59 Å². The van der Waals surface area contributed by atoms with Crippen LogP contribution in [-0.2, 0) is 6.42 Å². The van der Waals surface area contributed by atoms with Gasteiger partial charge in [0, 0.05) is 5.69 Å². The van der Waals surface area contributed by atoms with Crippen LogP contribution in [0.4, 0.5) is 11.6 Å². The highest BCUT2D eigenvalue weighted by Gasteiger charge is 2.22. The summed E-state index contributed by atoms with van der Waals surface area (Å²) < 4.78 is 0. The first-order chi connectivity index (χ1) is 13.7. The van der Waals surface area contributed by atoms with Crippen LogP contribution in [0.1, 0.15) is 33.5 Å². The Morgan fingerprint density at radius 1 is 1.00 bits per heavy atom. The van der Waals surface area contributed by atoms with Gasteiger partial charge in [0.25, 0.3) is 11.8 Å². The maximum atomic E-state index is 12.7. The Kier molecular flexibility index (Phi) is 4.59. The number of amides is 2. The number of anilines is 2. The molecule has 0 saturated carbocycles. The largest absolute Gasteiger partial charge is 0.340 e. The minimum Gasteiger partial charge on any atom is -0.340 e. The molecule has 2 amide bonds. The molecule has 0 aliphatic heterocycles. The second-order valence-electron chi connectivity index (χ2n) is 6.15. The lowest BCUT2D eigenvalue weighted by Gasteiger charge is -2.09. The third-order valence-corrected chi connectivity index (χ3v) is 4.35. The van der Waals surface area contributed by atoms with Crippen molar-refractivity contribution in [2.75, 3.05) is 10.6 Å². The Morgan fingerprint density at radius 3 is 2.61 bits per heavy atom. The number of rotatable bonds is 5. The van der Waals surface area contributed by atoms with E-state index in [-0.39, 0.29) is 11.4 Å². The summed E-state index contributed by atoms with van der Waals surface area (Å²) in [6.07, 6.45) is 2.09. The average molecular weight is 374 g/mol. The Balaban J connectivity index is 1.54. The van der Waals surface area contributed by atoms with Gasteiger partial charge in [-0.3, -0.25) is 14.9 Å². The lowest BCUT2D eigenvalue weighted by atomic mass is 10.1. The van der Waals surface area contributed by atoms with Gasteiger partial charge in [-0.1, -0.05) is 37.3 Å². The number of nitrogens with zero attached hydrogens (tertiary/aromatic N) is 2. The third-order valence-electron chi connectivity index (χ3n) is 4.35. The zero-order valence-corrected chi connectivity index (χ0v) is 15.1. The number of hydrogen-bond donors (Lipinski definition) is 4. The number of fused-ring (bicyclic) bond motifs is 1. The molecule has 2 aromatic heterocycles. The van der Waals surface area contributed by atoms with Crippen LogP contribution in [0.25, 0.3) is 11.0 Å². The summed E-state index contributed by atoms with van der Waals surface area (Å²) in [4.78, 5) is 39.4. The first kappa shape index (κ1) is 17.5. The molecule has 0 bridgehead atoms. The monoisotopic (exact) mass is 374 g/mol. The highest BCUT2D eigenvalue weighted by atomic mass is 16.2. The molecule has 4 N–H and O–H groups in total. The van der Waals surface area contributed by atoms with Gasteiger partial charge in [-0.25, -0.2) is 9.97 Å². The standard InChI is InChI=1S/C20H18N6O2/c1-2-12-7-3-4-8-13(12)23-18(27)16-17(22-11-21-16)19(28)26-20-24-14-9-5-6-10-15(14)25-20/h3-11H,2H2,1H3,(H,21,22)(H,23,27)(H2,24,25,26,28). The van der Waals surface area contributed by atoms with Gasteiger partial charge in [-0.05, 0) is 30.2 Å². The molecule has 28 heavy (non-hydrogen) atoms. The van der Waals surface area contributed by atoms with E-state index in [4.69, 9.17) is 0 Å². The van der Waals surface area contributed by atoms with Gasteiger partial charge < -0.3 is 15.3 Å². The Hall–Kier alpha value is -3.94. The summed E-state index contributed by atoms with van der Waals surface area (Å²) in [6.45, 7) is 2.01. The summed E-state index contributed by atoms with van der Waals surface area (Å²) >= 11 is 0. The number of carbonyl (C=O) groups is 2. The van der Waals surface area contributed by atoms with Crippen molar-refractivity contribution in [3.8, 4) is 0 Å². The molecule has 0 aliphatic carbocycles. The molecule has 8 nitrogen and oxygen atoms in total. The molecule has 0 fully saturated rings. The highest BCUT2D eigenvalue weighted by Crippen LogP contribution is 2.18. The topological polar surface area (TPSA) is 116 Å². The van der Waals surface area contributed by atoms with E-state index in [1.165, 1.54) is 6.33 Å². The molecule has 0 spiro atoms. The van der Waals surface area contributed by atoms with Crippen molar-refractivity contribution in [1.82, 2.24) is 19.9 Å². The quantitative estimate of drug-likeness (QED) is 0.429. The second kappa shape index (κ2) is 7.36. The minimum atomic E-state index is -0.509. The van der Waals surface area contributed by atoms with Crippen molar-refractivity contribution in [1.29, 1.82) is 0 Å². The number of aromatic nitrogens is 4. The van der Waals surface area contributed by atoms with E-state index >= 15 is 0 Å². The second-order valence-corrected chi connectivity index (χ2v) is 6.15. The number of benzene rings is 2. The van der Waals surface area contributed by atoms with Gasteiger partial charge >= 0.3 is 0 Å². The molecule has 0 aliphatic rings. The molecule has 0 atom stereocenters. The van der Waals surface area contributed by atoms with E-state index in [1.54, 1.807) is 0 Å². The van der Waals surface area contributed by atoms with Crippen LogP contribution in [-0.4, -0.2) is 31.8 Å². The van der Waals surface area contributed by atoms with Gasteiger partial charge in [-0.2, -0.15) is 0 Å². The SMILES string of the molecule is CCc1ccccc1NC(=O)c1nc[nH]c1C(=O)Nc1nc2ccccc2[nH]1. The van der Waals surface area contributed by atoms with Crippen LogP contribution in [0.3, 0.4) is 0 Å². The zero-order valence-electron chi connectivity index (χ0n) is 15.1. The molecule has 4 rings (SSSR count). The van der Waals surface area contributed by atoms with Crippen LogP contribution < -0.4 is 10.6 Å². The number of carbonyl (C=O) groups excluding carboxylic acids is 2. The Bertz CT molecular complexity index is 1130. The zero-order chi connectivity index (χ0) is 19.5. The van der Waals surface area contributed by atoms with Crippen LogP contribution in [0.5, 0.6) is 0 Å². The van der Waals surface area contributed by atoms with Crippen molar-refractivity contribution in [2.24, 2.45) is 0 Å². The number of aryl methyl sites for hydroxylation is 1. The van der Waals surface area contributed by atoms with Crippen LogP contribution in [0.2, 0.25) is 0 Å². The molecule has 140 valence electrons. The average Bonchev–Trinajstić information content (AvgIpc) is 3.35. The smallest absolute Gasteiger partial charge is 0.276 e. The van der Waals surface area contributed by atoms with Gasteiger partial charge in [0.15, 0.2) is 5.69 Å². The van der Waals surface area contributed by atoms with E-state index in [0.717, 1.165) is 23.0 Å². The first-order valence-corrected chi connectivity index (χ1v) is 8.84. The Morgan fingerprint density at radius 2 is 1.79 bits per heavy atom. The fourth-order valence-corrected chi connectivity index (χ4v) is 2.95. The molecule has 0 unspecified atom stereocenters. The third kappa shape index (κ3) is 3.35. The normalized spacial score (nSPS) is 10.8. The summed E-state index contributed by atoms with van der Waals surface area (Å²) in [5.41, 5.74) is 3.31. The summed E-state index contributed by atoms with van der Waals surface area (Å²) in [5.74, 6) is -0.675. The van der Waals surface area contributed by atoms with E-state index in [0.29, 0.717) is 11.6 Å². The number of H-pyrrole nitrogens is 2. The predicted molar refractivity (Wildman–Crippen MR) is 106 cm³/mol. The van der Waals surface area contributed by atoms with Crippen molar-refractivity contribution >= 4 is 34.5 Å². The number of nitrogens with one attached hydrogen (secondary N) is 4. The van der Waals surface area contributed by atoms with Crippen molar-refractivity contribution in [3.05, 3.63) is 71.8 Å². The number of aromatic amines is 2. The van der Waals surface area contributed by atoms with Crippen molar-refractivity contribution in [3.63, 3.8) is 0 Å². The molecule has 8 heteroatoms. The molecule has 2 heterocycles. The summed E-state index contributed by atoms with van der Waals surface area (Å²) in [5, 5.41) is 5.48. The van der Waals surface area contributed by atoms with Gasteiger partial charge in [-0.15, -0.1) is 0 Å². The fraction of sp³-hybridized carbons (Fsp3) is 0.100. The molecular weight excluding hydrogens is 356 g/mol. The first-order valence-electron chi connectivity index (χ1n) is 8.84. The number of imidazole rings is 2. The Labute approximate surface area is 160 Å². The van der Waals surface area contributed by atoms with E-state index < -0.39 is 11.8 Å².